The average molecular weight is 574 g/mol. The lowest BCUT2D eigenvalue weighted by molar-refractivity contribution is 0.462. The number of sulfonamides is 1. The van der Waals surface area contributed by atoms with Crippen LogP contribution in [0, 0.1) is 6.92 Å². The third-order valence-electron chi connectivity index (χ3n) is 6.62. The molecule has 0 aliphatic carbocycles. The fourth-order valence-corrected chi connectivity index (χ4v) is 5.85. The number of benzene rings is 4. The van der Waals surface area contributed by atoms with E-state index in [0.717, 1.165) is 32.6 Å². The molecule has 0 radical (unpaired) electrons. The quantitative estimate of drug-likeness (QED) is 0.237. The fraction of sp³-hybridized carbons (Fsp3) is 0.100. The van der Waals surface area contributed by atoms with Gasteiger partial charge >= 0.3 is 0 Å². The van der Waals surface area contributed by atoms with Gasteiger partial charge in [-0.25, -0.2) is 8.42 Å². The van der Waals surface area contributed by atoms with E-state index in [9.17, 15) is 13.5 Å². The molecule has 2 N–H and O–H groups in total. The van der Waals surface area contributed by atoms with Crippen molar-refractivity contribution in [3.8, 4) is 5.75 Å². The van der Waals surface area contributed by atoms with Crippen LogP contribution >= 0.6 is 15.9 Å². The van der Waals surface area contributed by atoms with E-state index in [1.807, 2.05) is 74.5 Å². The van der Waals surface area contributed by atoms with Gasteiger partial charge in [0.1, 0.15) is 5.75 Å². The first-order valence-electron chi connectivity index (χ1n) is 11.7. The van der Waals surface area contributed by atoms with Gasteiger partial charge in [0.15, 0.2) is 0 Å². The lowest BCUT2D eigenvalue weighted by Crippen LogP contribution is -2.30. The van der Waals surface area contributed by atoms with Crippen LogP contribution in [0.25, 0.3) is 6.08 Å². The van der Waals surface area contributed by atoms with E-state index in [0.29, 0.717) is 11.3 Å². The van der Waals surface area contributed by atoms with Crippen LogP contribution in [0.3, 0.4) is 0 Å². The number of fused-ring (bicyclic) bond motifs is 1. The second-order valence-electron chi connectivity index (χ2n) is 9.17. The average Bonchev–Trinajstić information content (AvgIpc) is 3.17. The SMILES string of the molecule is Cc1ccc(S(=O)(=O)Nc2ccc(O)c([C@@]3(C)C(/C=C/c4ccc(Br)cc4)=Nc4ccccc43)c2)cc1. The van der Waals surface area contributed by atoms with Gasteiger partial charge in [-0.3, -0.25) is 9.71 Å². The van der Waals surface area contributed by atoms with Crippen molar-refractivity contribution in [3.05, 3.63) is 124 Å². The van der Waals surface area contributed by atoms with Gasteiger partial charge in [0.2, 0.25) is 0 Å². The molecule has 0 aromatic heterocycles. The molecular weight excluding hydrogens is 548 g/mol. The Bertz CT molecular complexity index is 1640. The first-order valence-corrected chi connectivity index (χ1v) is 14.0. The zero-order valence-corrected chi connectivity index (χ0v) is 22.7. The van der Waals surface area contributed by atoms with E-state index in [1.54, 1.807) is 36.4 Å². The van der Waals surface area contributed by atoms with Gasteiger partial charge in [0, 0.05) is 15.7 Å². The van der Waals surface area contributed by atoms with Crippen LogP contribution in [0.15, 0.2) is 111 Å². The van der Waals surface area contributed by atoms with Crippen LogP contribution in [0.1, 0.15) is 29.2 Å². The number of phenols is 1. The number of nitrogens with zero attached hydrogens (tertiary/aromatic N) is 1. The number of aryl methyl sites for hydroxylation is 1. The predicted octanol–water partition coefficient (Wildman–Crippen LogP) is 7.37. The van der Waals surface area contributed by atoms with Gasteiger partial charge in [-0.05, 0) is 79.6 Å². The number of phenolic OH excluding ortho intramolecular Hbond substituents is 1. The maximum atomic E-state index is 13.0. The maximum Gasteiger partial charge on any atom is 0.261 e. The number of allylic oxidation sites excluding steroid dienone is 1. The third-order valence-corrected chi connectivity index (χ3v) is 8.54. The van der Waals surface area contributed by atoms with E-state index >= 15 is 0 Å². The molecule has 0 spiro atoms. The summed E-state index contributed by atoms with van der Waals surface area (Å²) in [5.41, 5.74) is 4.57. The van der Waals surface area contributed by atoms with E-state index in [2.05, 4.69) is 20.7 Å². The summed E-state index contributed by atoms with van der Waals surface area (Å²) < 4.78 is 29.7. The smallest absolute Gasteiger partial charge is 0.261 e. The zero-order valence-electron chi connectivity index (χ0n) is 20.3. The normalized spacial score (nSPS) is 17.0. The van der Waals surface area contributed by atoms with E-state index in [4.69, 9.17) is 4.99 Å². The second-order valence-corrected chi connectivity index (χ2v) is 11.8. The maximum absolute atomic E-state index is 13.0. The summed E-state index contributed by atoms with van der Waals surface area (Å²) in [7, 11) is -3.81. The number of aromatic hydroxyl groups is 1. The molecule has 0 saturated carbocycles. The van der Waals surface area contributed by atoms with Crippen molar-refractivity contribution in [1.29, 1.82) is 0 Å². The van der Waals surface area contributed by atoms with Gasteiger partial charge in [0.05, 0.1) is 21.7 Å². The number of halogens is 1. The lowest BCUT2D eigenvalue weighted by atomic mass is 9.73. The summed E-state index contributed by atoms with van der Waals surface area (Å²) in [5, 5.41) is 11.0. The minimum Gasteiger partial charge on any atom is -0.508 e. The van der Waals surface area contributed by atoms with Gasteiger partial charge in [-0.2, -0.15) is 0 Å². The van der Waals surface area contributed by atoms with Crippen LogP contribution in [-0.2, 0) is 15.4 Å². The highest BCUT2D eigenvalue weighted by molar-refractivity contribution is 9.10. The summed E-state index contributed by atoms with van der Waals surface area (Å²) in [6.07, 6.45) is 3.93. The molecular formula is C30H25BrN2O3S. The number of nitrogens with one attached hydrogen (secondary N) is 1. The van der Waals surface area contributed by atoms with E-state index < -0.39 is 15.4 Å². The summed E-state index contributed by atoms with van der Waals surface area (Å²) in [5.74, 6) is 0.0576. The molecule has 0 bridgehead atoms. The van der Waals surface area contributed by atoms with Crippen molar-refractivity contribution in [2.45, 2.75) is 24.2 Å². The van der Waals surface area contributed by atoms with Crippen LogP contribution in [0.4, 0.5) is 11.4 Å². The molecule has 5 rings (SSSR count). The van der Waals surface area contributed by atoms with Crippen LogP contribution < -0.4 is 4.72 Å². The summed E-state index contributed by atoms with van der Waals surface area (Å²) in [6.45, 7) is 3.90. The van der Waals surface area contributed by atoms with E-state index in [-0.39, 0.29) is 10.6 Å². The Balaban J connectivity index is 1.56. The minimum absolute atomic E-state index is 0.0576. The van der Waals surface area contributed by atoms with Crippen molar-refractivity contribution in [1.82, 2.24) is 0 Å². The van der Waals surface area contributed by atoms with Crippen molar-refractivity contribution >= 4 is 49.1 Å². The summed E-state index contributed by atoms with van der Waals surface area (Å²) in [4.78, 5) is 5.06. The van der Waals surface area contributed by atoms with Gasteiger partial charge in [0.25, 0.3) is 10.0 Å². The molecule has 1 aliphatic heterocycles. The molecule has 4 aromatic rings. The third kappa shape index (κ3) is 4.84. The molecule has 1 aliphatic rings. The Kier molecular flexibility index (Phi) is 6.52. The predicted molar refractivity (Wildman–Crippen MR) is 153 cm³/mol. The highest BCUT2D eigenvalue weighted by atomic mass is 79.9. The Morgan fingerprint density at radius 1 is 0.892 bits per heavy atom. The molecule has 0 unspecified atom stereocenters. The standard InChI is InChI=1S/C30H25BrN2O3S/c1-20-7-15-24(16-8-20)37(35,36)33-23-14-17-28(34)26(19-23)30(2)25-5-3-4-6-27(25)32-29(30)18-11-21-9-12-22(31)13-10-21/h3-19,33-34H,1-2H3/b18-11+/t30-/m0/s1. The zero-order chi connectivity index (χ0) is 26.2. The van der Waals surface area contributed by atoms with Crippen molar-refractivity contribution in [3.63, 3.8) is 0 Å². The number of aliphatic imine (C=N–C) groups is 1. The molecule has 1 atom stereocenters. The number of hydrogen-bond acceptors (Lipinski definition) is 4. The molecule has 186 valence electrons. The summed E-state index contributed by atoms with van der Waals surface area (Å²) in [6, 6.07) is 27.2. The largest absolute Gasteiger partial charge is 0.508 e. The molecule has 7 heteroatoms. The molecule has 0 fully saturated rings. The van der Waals surface area contributed by atoms with Gasteiger partial charge in [-0.15, -0.1) is 0 Å². The lowest BCUT2D eigenvalue weighted by Gasteiger charge is -2.28. The topological polar surface area (TPSA) is 78.8 Å². The fourth-order valence-electron chi connectivity index (χ4n) is 4.54. The van der Waals surface area contributed by atoms with Crippen molar-refractivity contribution < 1.29 is 13.5 Å². The number of anilines is 1. The Hall–Kier alpha value is -3.68. The summed E-state index contributed by atoms with van der Waals surface area (Å²) >= 11 is 3.46. The number of hydrogen-bond donors (Lipinski definition) is 2. The molecule has 5 nitrogen and oxygen atoms in total. The monoisotopic (exact) mass is 572 g/mol. The van der Waals surface area contributed by atoms with Crippen LogP contribution in [0.5, 0.6) is 5.75 Å². The first kappa shape index (κ1) is 25.0. The number of rotatable bonds is 6. The van der Waals surface area contributed by atoms with E-state index in [1.165, 1.54) is 6.07 Å². The minimum atomic E-state index is -3.81. The van der Waals surface area contributed by atoms with Crippen LogP contribution in [0.2, 0.25) is 0 Å². The highest BCUT2D eigenvalue weighted by Gasteiger charge is 2.41. The van der Waals surface area contributed by atoms with Crippen LogP contribution in [-0.4, -0.2) is 19.2 Å². The molecule has 1 heterocycles. The Labute approximate surface area is 225 Å². The van der Waals surface area contributed by atoms with Crippen molar-refractivity contribution in [2.24, 2.45) is 4.99 Å². The molecule has 0 amide bonds. The Morgan fingerprint density at radius 2 is 1.59 bits per heavy atom. The Morgan fingerprint density at radius 3 is 2.32 bits per heavy atom. The molecule has 4 aromatic carbocycles. The second kappa shape index (κ2) is 9.65. The first-order chi connectivity index (χ1) is 17.7. The van der Waals surface area contributed by atoms with Crippen molar-refractivity contribution in [2.75, 3.05) is 4.72 Å². The van der Waals surface area contributed by atoms with Gasteiger partial charge < -0.3 is 5.11 Å². The number of para-hydroxylation sites is 1. The highest BCUT2D eigenvalue weighted by Crippen LogP contribution is 2.48. The molecule has 37 heavy (non-hydrogen) atoms. The molecule has 0 saturated heterocycles. The van der Waals surface area contributed by atoms with Gasteiger partial charge in [-0.1, -0.05) is 70.0 Å².